The van der Waals surface area contributed by atoms with E-state index in [-0.39, 0.29) is 0 Å². The summed E-state index contributed by atoms with van der Waals surface area (Å²) in [6.07, 6.45) is -0.744. The largest absolute Gasteiger partial charge is 0.368 e. The summed E-state index contributed by atoms with van der Waals surface area (Å²) in [5, 5.41) is 20.3. The number of nitrogens with one attached hydrogen (secondary N) is 1. The van der Waals surface area contributed by atoms with Crippen molar-refractivity contribution in [1.82, 2.24) is 10.2 Å². The summed E-state index contributed by atoms with van der Waals surface area (Å²) in [5.74, 6) is 0. The van der Waals surface area contributed by atoms with Crippen LogP contribution in [-0.4, -0.2) is 54.6 Å². The SMILES string of the molecule is CCN(CCNC)CCC(O)O. The van der Waals surface area contributed by atoms with Crippen LogP contribution in [0.25, 0.3) is 0 Å². The standard InChI is InChI=1S/C8H20N2O2/c1-3-10(7-5-9-2)6-4-8(11)12/h8-9,11-12H,3-7H2,1-2H3. The fourth-order valence-corrected chi connectivity index (χ4v) is 0.996. The van der Waals surface area contributed by atoms with Crippen molar-refractivity contribution < 1.29 is 10.2 Å². The highest BCUT2D eigenvalue weighted by atomic mass is 16.5. The van der Waals surface area contributed by atoms with Crippen LogP contribution in [0.3, 0.4) is 0 Å². The first-order valence-corrected chi connectivity index (χ1v) is 4.43. The van der Waals surface area contributed by atoms with E-state index in [9.17, 15) is 0 Å². The molecule has 0 radical (unpaired) electrons. The predicted molar refractivity (Wildman–Crippen MR) is 48.9 cm³/mol. The van der Waals surface area contributed by atoms with Gasteiger partial charge in [-0.15, -0.1) is 0 Å². The molecule has 0 amide bonds. The topological polar surface area (TPSA) is 55.7 Å². The third kappa shape index (κ3) is 6.54. The predicted octanol–water partition coefficient (Wildman–Crippen LogP) is -0.771. The Labute approximate surface area is 74.2 Å². The van der Waals surface area contributed by atoms with Crippen molar-refractivity contribution in [2.24, 2.45) is 0 Å². The molecule has 12 heavy (non-hydrogen) atoms. The Hall–Kier alpha value is -0.160. The Bertz CT molecular complexity index is 99.1. The summed E-state index contributed by atoms with van der Waals surface area (Å²) in [5.41, 5.74) is 0. The lowest BCUT2D eigenvalue weighted by atomic mass is 10.3. The number of nitrogens with zero attached hydrogens (tertiary/aromatic N) is 1. The second-order valence-corrected chi connectivity index (χ2v) is 2.81. The lowest BCUT2D eigenvalue weighted by Gasteiger charge is -2.20. The van der Waals surface area contributed by atoms with Crippen molar-refractivity contribution in [3.05, 3.63) is 0 Å². The van der Waals surface area contributed by atoms with Gasteiger partial charge in [-0.25, -0.2) is 0 Å². The van der Waals surface area contributed by atoms with E-state index >= 15 is 0 Å². The monoisotopic (exact) mass is 176 g/mol. The van der Waals surface area contributed by atoms with Crippen molar-refractivity contribution in [2.75, 3.05) is 33.2 Å². The van der Waals surface area contributed by atoms with Crippen molar-refractivity contribution in [3.8, 4) is 0 Å². The molecule has 0 aromatic heterocycles. The number of rotatable bonds is 7. The molecule has 0 atom stereocenters. The number of aliphatic hydroxyl groups is 2. The molecule has 4 heteroatoms. The van der Waals surface area contributed by atoms with Crippen LogP contribution in [0, 0.1) is 0 Å². The first-order valence-electron chi connectivity index (χ1n) is 4.43. The summed E-state index contributed by atoms with van der Waals surface area (Å²) in [4.78, 5) is 2.18. The van der Waals surface area contributed by atoms with Crippen molar-refractivity contribution in [1.29, 1.82) is 0 Å². The second kappa shape index (κ2) is 7.49. The Balaban J connectivity index is 3.39. The molecule has 0 aromatic carbocycles. The van der Waals surface area contributed by atoms with Crippen molar-refractivity contribution >= 4 is 0 Å². The van der Waals surface area contributed by atoms with Gasteiger partial charge in [-0.05, 0) is 13.6 Å². The van der Waals surface area contributed by atoms with Crippen LogP contribution in [0.4, 0.5) is 0 Å². The molecule has 3 N–H and O–H groups in total. The van der Waals surface area contributed by atoms with Crippen LogP contribution in [-0.2, 0) is 0 Å². The normalized spacial score (nSPS) is 11.5. The van der Waals surface area contributed by atoms with Crippen LogP contribution in [0.15, 0.2) is 0 Å². The minimum Gasteiger partial charge on any atom is -0.368 e. The number of aliphatic hydroxyl groups excluding tert-OH is 1. The average Bonchev–Trinajstić information content (AvgIpc) is 2.05. The third-order valence-electron chi connectivity index (χ3n) is 1.83. The van der Waals surface area contributed by atoms with E-state index in [1.807, 2.05) is 7.05 Å². The number of likely N-dealkylation sites (N-methyl/N-ethyl adjacent to an activating group) is 2. The van der Waals surface area contributed by atoms with E-state index in [2.05, 4.69) is 17.1 Å². The first-order chi connectivity index (χ1) is 5.70. The molecule has 0 rings (SSSR count). The van der Waals surface area contributed by atoms with E-state index < -0.39 is 6.29 Å². The van der Waals surface area contributed by atoms with E-state index in [1.165, 1.54) is 0 Å². The summed E-state index contributed by atoms with van der Waals surface area (Å²) >= 11 is 0. The molecule has 0 fully saturated rings. The highest BCUT2D eigenvalue weighted by Crippen LogP contribution is 1.92. The molecule has 0 saturated carbocycles. The average molecular weight is 176 g/mol. The van der Waals surface area contributed by atoms with Crippen LogP contribution in [0.2, 0.25) is 0 Å². The van der Waals surface area contributed by atoms with E-state index in [0.29, 0.717) is 6.42 Å². The maximum absolute atomic E-state index is 8.64. The maximum Gasteiger partial charge on any atom is 0.152 e. The Morgan fingerprint density at radius 3 is 2.42 bits per heavy atom. The smallest absolute Gasteiger partial charge is 0.152 e. The summed E-state index contributed by atoms with van der Waals surface area (Å²) in [7, 11) is 1.91. The number of hydrogen-bond acceptors (Lipinski definition) is 4. The van der Waals surface area contributed by atoms with Gasteiger partial charge in [0.1, 0.15) is 0 Å². The lowest BCUT2D eigenvalue weighted by molar-refractivity contribution is -0.0500. The fraction of sp³-hybridized carbons (Fsp3) is 1.00. The first kappa shape index (κ1) is 11.8. The fourth-order valence-electron chi connectivity index (χ4n) is 0.996. The molecule has 0 spiro atoms. The van der Waals surface area contributed by atoms with Crippen LogP contribution < -0.4 is 5.32 Å². The van der Waals surface area contributed by atoms with Crippen LogP contribution >= 0.6 is 0 Å². The van der Waals surface area contributed by atoms with Gasteiger partial charge in [0.25, 0.3) is 0 Å². The zero-order chi connectivity index (χ0) is 9.40. The molecule has 74 valence electrons. The zero-order valence-corrected chi connectivity index (χ0v) is 7.95. The second-order valence-electron chi connectivity index (χ2n) is 2.81. The lowest BCUT2D eigenvalue weighted by Crippen LogP contribution is -2.33. The molecule has 0 aliphatic heterocycles. The van der Waals surface area contributed by atoms with Gasteiger partial charge in [0.05, 0.1) is 0 Å². The Morgan fingerprint density at radius 2 is 2.00 bits per heavy atom. The van der Waals surface area contributed by atoms with Gasteiger partial charge in [0, 0.05) is 26.1 Å². The highest BCUT2D eigenvalue weighted by molar-refractivity contribution is 4.57. The van der Waals surface area contributed by atoms with E-state index in [0.717, 1.165) is 26.2 Å². The van der Waals surface area contributed by atoms with Gasteiger partial charge in [0.2, 0.25) is 0 Å². The molecule has 0 saturated heterocycles. The quantitative estimate of drug-likeness (QED) is 0.446. The summed E-state index contributed by atoms with van der Waals surface area (Å²) in [6.45, 7) is 5.67. The Kier molecular flexibility index (Phi) is 7.39. The highest BCUT2D eigenvalue weighted by Gasteiger charge is 2.03. The van der Waals surface area contributed by atoms with Gasteiger partial charge in [-0.3, -0.25) is 0 Å². The minimum absolute atomic E-state index is 0.428. The van der Waals surface area contributed by atoms with Gasteiger partial charge in [-0.1, -0.05) is 6.92 Å². The molecule has 0 aliphatic rings. The molecular weight excluding hydrogens is 156 g/mol. The van der Waals surface area contributed by atoms with Gasteiger partial charge in [-0.2, -0.15) is 0 Å². The summed E-state index contributed by atoms with van der Waals surface area (Å²) in [6, 6.07) is 0. The van der Waals surface area contributed by atoms with E-state index in [4.69, 9.17) is 10.2 Å². The minimum atomic E-state index is -1.17. The maximum atomic E-state index is 8.64. The van der Waals surface area contributed by atoms with Gasteiger partial charge in [0.15, 0.2) is 6.29 Å². The molecule has 0 aromatic rings. The number of hydrogen-bond donors (Lipinski definition) is 3. The zero-order valence-electron chi connectivity index (χ0n) is 7.95. The van der Waals surface area contributed by atoms with Crippen LogP contribution in [0.1, 0.15) is 13.3 Å². The third-order valence-corrected chi connectivity index (χ3v) is 1.83. The van der Waals surface area contributed by atoms with Crippen LogP contribution in [0.5, 0.6) is 0 Å². The molecule has 4 nitrogen and oxygen atoms in total. The van der Waals surface area contributed by atoms with Gasteiger partial charge >= 0.3 is 0 Å². The van der Waals surface area contributed by atoms with Crippen molar-refractivity contribution in [2.45, 2.75) is 19.6 Å². The molecule has 0 unspecified atom stereocenters. The molecular formula is C8H20N2O2. The van der Waals surface area contributed by atoms with Crippen molar-refractivity contribution in [3.63, 3.8) is 0 Å². The molecule has 0 heterocycles. The molecule has 0 aliphatic carbocycles. The Morgan fingerprint density at radius 1 is 1.33 bits per heavy atom. The summed E-state index contributed by atoms with van der Waals surface area (Å²) < 4.78 is 0. The molecule has 0 bridgehead atoms. The van der Waals surface area contributed by atoms with Gasteiger partial charge < -0.3 is 20.4 Å². The van der Waals surface area contributed by atoms with E-state index in [1.54, 1.807) is 0 Å².